The van der Waals surface area contributed by atoms with Crippen LogP contribution in [0.3, 0.4) is 0 Å². The van der Waals surface area contributed by atoms with Gasteiger partial charge in [0.25, 0.3) is 0 Å². The van der Waals surface area contributed by atoms with Crippen molar-refractivity contribution in [2.75, 3.05) is 39.8 Å². The molecule has 3 rings (SSSR count). The number of nitrogens with zero attached hydrogens (tertiary/aromatic N) is 4. The average molecular weight is 423 g/mol. The van der Waals surface area contributed by atoms with Gasteiger partial charge in [-0.05, 0) is 24.0 Å². The number of guanidine groups is 1. The number of halogens is 3. The number of nitrogens with one attached hydrogen (secondary N) is 1. The van der Waals surface area contributed by atoms with E-state index < -0.39 is 11.7 Å². The van der Waals surface area contributed by atoms with Crippen LogP contribution < -0.4 is 5.32 Å². The Balaban J connectivity index is 1.45. The molecule has 0 amide bonds. The summed E-state index contributed by atoms with van der Waals surface area (Å²) in [6.45, 7) is 6.85. The van der Waals surface area contributed by atoms with Gasteiger partial charge in [-0.3, -0.25) is 9.89 Å². The van der Waals surface area contributed by atoms with Gasteiger partial charge in [0.15, 0.2) is 5.96 Å². The quantitative estimate of drug-likeness (QED) is 0.569. The lowest BCUT2D eigenvalue weighted by atomic mass is 9.96. The second-order valence-corrected chi connectivity index (χ2v) is 7.54. The molecule has 2 aromatic rings. The zero-order valence-corrected chi connectivity index (χ0v) is 17.3. The van der Waals surface area contributed by atoms with E-state index >= 15 is 0 Å². The van der Waals surface area contributed by atoms with Crippen molar-refractivity contribution < 1.29 is 17.7 Å². The third kappa shape index (κ3) is 5.98. The molecule has 1 aliphatic heterocycles. The Morgan fingerprint density at radius 2 is 2.00 bits per heavy atom. The van der Waals surface area contributed by atoms with E-state index in [2.05, 4.69) is 25.3 Å². The smallest absolute Gasteiger partial charge is 0.364 e. The van der Waals surface area contributed by atoms with E-state index in [4.69, 9.17) is 4.52 Å². The highest BCUT2D eigenvalue weighted by molar-refractivity contribution is 5.80. The highest BCUT2D eigenvalue weighted by atomic mass is 19.4. The van der Waals surface area contributed by atoms with Gasteiger partial charge in [0, 0.05) is 52.4 Å². The number of hydrogen-bond donors (Lipinski definition) is 1. The first-order valence-corrected chi connectivity index (χ1v) is 10.1. The lowest BCUT2D eigenvalue weighted by Gasteiger charge is -2.36. The van der Waals surface area contributed by atoms with Crippen molar-refractivity contribution in [1.29, 1.82) is 0 Å². The van der Waals surface area contributed by atoms with Crippen LogP contribution in [0.4, 0.5) is 13.2 Å². The Kier molecular flexibility index (Phi) is 7.36. The van der Waals surface area contributed by atoms with Gasteiger partial charge in [-0.1, -0.05) is 30.3 Å². The van der Waals surface area contributed by atoms with E-state index in [1.54, 1.807) is 19.4 Å². The van der Waals surface area contributed by atoms with Crippen LogP contribution in [0.15, 0.2) is 46.1 Å². The predicted molar refractivity (Wildman–Crippen MR) is 109 cm³/mol. The lowest BCUT2D eigenvalue weighted by Crippen LogP contribution is -2.52. The largest absolute Gasteiger partial charge is 0.416 e. The molecule has 1 aliphatic rings. The molecule has 1 unspecified atom stereocenters. The van der Waals surface area contributed by atoms with Crippen molar-refractivity contribution in [2.24, 2.45) is 4.99 Å². The van der Waals surface area contributed by atoms with Gasteiger partial charge < -0.3 is 14.7 Å². The third-order valence-corrected chi connectivity index (χ3v) is 5.40. The number of piperazine rings is 1. The van der Waals surface area contributed by atoms with Crippen LogP contribution in [0.2, 0.25) is 0 Å². The van der Waals surface area contributed by atoms with Gasteiger partial charge >= 0.3 is 6.18 Å². The zero-order valence-electron chi connectivity index (χ0n) is 17.3. The molecule has 2 heterocycles. The highest BCUT2D eigenvalue weighted by Gasteiger charge is 2.30. The number of benzene rings is 1. The van der Waals surface area contributed by atoms with Crippen LogP contribution in [0, 0.1) is 0 Å². The van der Waals surface area contributed by atoms with E-state index in [9.17, 15) is 13.2 Å². The van der Waals surface area contributed by atoms with E-state index in [-0.39, 0.29) is 5.92 Å². The molecular weight excluding hydrogens is 395 g/mol. The summed E-state index contributed by atoms with van der Waals surface area (Å²) >= 11 is 0. The first kappa shape index (κ1) is 22.1. The molecule has 1 saturated heterocycles. The Morgan fingerprint density at radius 1 is 1.23 bits per heavy atom. The first-order valence-electron chi connectivity index (χ1n) is 10.1. The van der Waals surface area contributed by atoms with E-state index in [1.165, 1.54) is 12.1 Å². The molecule has 1 atom stereocenters. The normalized spacial score (nSPS) is 17.2. The second kappa shape index (κ2) is 9.97. The van der Waals surface area contributed by atoms with Gasteiger partial charge in [0.2, 0.25) is 0 Å². The van der Waals surface area contributed by atoms with Crippen molar-refractivity contribution in [2.45, 2.75) is 32.0 Å². The summed E-state index contributed by atoms with van der Waals surface area (Å²) in [5.41, 5.74) is 1.02. The second-order valence-electron chi connectivity index (χ2n) is 7.54. The molecule has 9 heteroatoms. The van der Waals surface area contributed by atoms with Gasteiger partial charge in [-0.2, -0.15) is 13.2 Å². The molecular formula is C21H28F3N5O. The Hall–Kier alpha value is -2.55. The van der Waals surface area contributed by atoms with Crippen LogP contribution >= 0.6 is 0 Å². The van der Waals surface area contributed by atoms with Crippen molar-refractivity contribution >= 4 is 5.96 Å². The molecule has 0 radical (unpaired) electrons. The molecule has 164 valence electrons. The van der Waals surface area contributed by atoms with E-state index in [0.717, 1.165) is 50.4 Å². The summed E-state index contributed by atoms with van der Waals surface area (Å²) in [5, 5.41) is 7.31. The molecule has 30 heavy (non-hydrogen) atoms. The van der Waals surface area contributed by atoms with Crippen LogP contribution in [-0.4, -0.2) is 60.7 Å². The monoisotopic (exact) mass is 423 g/mol. The molecule has 1 N–H and O–H groups in total. The summed E-state index contributed by atoms with van der Waals surface area (Å²) in [6, 6.07) is 7.45. The minimum Gasteiger partial charge on any atom is -0.364 e. The van der Waals surface area contributed by atoms with Crippen LogP contribution in [0.1, 0.15) is 36.1 Å². The molecule has 0 bridgehead atoms. The summed E-state index contributed by atoms with van der Waals surface area (Å²) in [6.07, 6.45) is -2.02. The standard InChI is InChI=1S/C21H28F3N5O/c1-16(17-4-3-5-18(14-17)21(22,23)24)6-8-26-20(25-2)29-11-9-28(10-12-29)15-19-7-13-30-27-19/h3-5,7,13-14,16H,6,8-12,15H2,1-2H3,(H,25,26). The van der Waals surface area contributed by atoms with E-state index in [0.29, 0.717) is 18.5 Å². The summed E-state index contributed by atoms with van der Waals surface area (Å²) in [5.74, 6) is 0.838. The lowest BCUT2D eigenvalue weighted by molar-refractivity contribution is -0.137. The highest BCUT2D eigenvalue weighted by Crippen LogP contribution is 2.31. The van der Waals surface area contributed by atoms with Crippen LogP contribution in [0.25, 0.3) is 0 Å². The number of hydrogen-bond acceptors (Lipinski definition) is 4. The minimum absolute atomic E-state index is 0.0113. The van der Waals surface area contributed by atoms with E-state index in [1.807, 2.05) is 13.0 Å². The number of alkyl halides is 3. The van der Waals surface area contributed by atoms with Gasteiger partial charge in [0.05, 0.1) is 11.3 Å². The molecule has 1 aromatic heterocycles. The topological polar surface area (TPSA) is 56.9 Å². The van der Waals surface area contributed by atoms with Crippen LogP contribution in [0.5, 0.6) is 0 Å². The van der Waals surface area contributed by atoms with Gasteiger partial charge in [-0.25, -0.2) is 0 Å². The predicted octanol–water partition coefficient (Wildman–Crippen LogP) is 3.58. The zero-order chi connectivity index (χ0) is 21.6. The van der Waals surface area contributed by atoms with Crippen molar-refractivity contribution in [3.05, 3.63) is 53.4 Å². The number of aliphatic imine (C=N–C) groups is 1. The first-order chi connectivity index (χ1) is 14.4. The van der Waals surface area contributed by atoms with Crippen molar-refractivity contribution in [3.63, 3.8) is 0 Å². The molecule has 0 saturated carbocycles. The van der Waals surface area contributed by atoms with Gasteiger partial charge in [0.1, 0.15) is 6.26 Å². The molecule has 1 fully saturated rings. The van der Waals surface area contributed by atoms with Crippen molar-refractivity contribution in [3.8, 4) is 0 Å². The summed E-state index contributed by atoms with van der Waals surface area (Å²) < 4.78 is 43.7. The Morgan fingerprint density at radius 3 is 2.63 bits per heavy atom. The fraction of sp³-hybridized carbons (Fsp3) is 0.524. The molecule has 0 spiro atoms. The third-order valence-electron chi connectivity index (χ3n) is 5.40. The summed E-state index contributed by atoms with van der Waals surface area (Å²) in [4.78, 5) is 8.88. The minimum atomic E-state index is -4.31. The molecule has 0 aliphatic carbocycles. The van der Waals surface area contributed by atoms with Gasteiger partial charge in [-0.15, -0.1) is 0 Å². The summed E-state index contributed by atoms with van der Waals surface area (Å²) in [7, 11) is 1.75. The average Bonchev–Trinajstić information content (AvgIpc) is 3.24. The fourth-order valence-corrected chi connectivity index (χ4v) is 3.59. The Bertz CT molecular complexity index is 814. The maximum absolute atomic E-state index is 12.9. The fourth-order valence-electron chi connectivity index (χ4n) is 3.59. The molecule has 1 aromatic carbocycles. The SMILES string of the molecule is CN=C(NCCC(C)c1cccc(C(F)(F)F)c1)N1CCN(Cc2ccon2)CC1. The number of rotatable bonds is 6. The number of aromatic nitrogens is 1. The maximum Gasteiger partial charge on any atom is 0.416 e. The van der Waals surface area contributed by atoms with Crippen LogP contribution in [-0.2, 0) is 12.7 Å². The van der Waals surface area contributed by atoms with Crippen molar-refractivity contribution in [1.82, 2.24) is 20.3 Å². The molecule has 6 nitrogen and oxygen atoms in total. The Labute approximate surface area is 174 Å². The maximum atomic E-state index is 12.9.